The van der Waals surface area contributed by atoms with Gasteiger partial charge in [0.15, 0.2) is 0 Å². The summed E-state index contributed by atoms with van der Waals surface area (Å²) < 4.78 is 37.5. The van der Waals surface area contributed by atoms with Gasteiger partial charge in [0, 0.05) is 13.1 Å². The summed E-state index contributed by atoms with van der Waals surface area (Å²) in [6, 6.07) is 14.6. The van der Waals surface area contributed by atoms with Gasteiger partial charge in [-0.15, -0.1) is 0 Å². The maximum atomic E-state index is 12.5. The summed E-state index contributed by atoms with van der Waals surface area (Å²) in [5, 5.41) is 5.51. The van der Waals surface area contributed by atoms with Gasteiger partial charge in [-0.2, -0.15) is 13.2 Å². The van der Waals surface area contributed by atoms with Crippen LogP contribution in [0.15, 0.2) is 54.6 Å². The standard InChI is InChI=1S/C19H21F3N2O/c1-14(16-5-3-2-4-6-16)13-24-18(25)23-12-11-15-7-9-17(10-8-15)19(20,21)22/h2-10,14H,11-13H2,1H3,(H2,23,24,25). The molecule has 0 bridgehead atoms. The third-order valence-electron chi connectivity index (χ3n) is 3.92. The van der Waals surface area contributed by atoms with E-state index >= 15 is 0 Å². The van der Waals surface area contributed by atoms with Crippen LogP contribution in [0.2, 0.25) is 0 Å². The molecule has 0 spiro atoms. The topological polar surface area (TPSA) is 41.1 Å². The summed E-state index contributed by atoms with van der Waals surface area (Å²) in [4.78, 5) is 11.8. The highest BCUT2D eigenvalue weighted by Crippen LogP contribution is 2.29. The molecule has 0 aliphatic rings. The van der Waals surface area contributed by atoms with E-state index in [1.165, 1.54) is 12.1 Å². The second-order valence-corrected chi connectivity index (χ2v) is 5.89. The Morgan fingerprint density at radius 2 is 1.64 bits per heavy atom. The molecular formula is C19H21F3N2O. The van der Waals surface area contributed by atoms with Crippen molar-refractivity contribution in [3.8, 4) is 0 Å². The van der Waals surface area contributed by atoms with Crippen LogP contribution in [0.5, 0.6) is 0 Å². The Balaban J connectivity index is 1.70. The molecule has 2 amide bonds. The lowest BCUT2D eigenvalue weighted by Gasteiger charge is -2.14. The molecule has 0 saturated heterocycles. The maximum Gasteiger partial charge on any atom is 0.416 e. The van der Waals surface area contributed by atoms with E-state index in [0.29, 0.717) is 19.5 Å². The molecule has 1 unspecified atom stereocenters. The zero-order valence-electron chi connectivity index (χ0n) is 13.9. The van der Waals surface area contributed by atoms with Gasteiger partial charge in [-0.1, -0.05) is 49.4 Å². The quantitative estimate of drug-likeness (QED) is 0.799. The number of hydrogen-bond donors (Lipinski definition) is 2. The van der Waals surface area contributed by atoms with Crippen LogP contribution in [-0.2, 0) is 12.6 Å². The zero-order valence-corrected chi connectivity index (χ0v) is 13.9. The lowest BCUT2D eigenvalue weighted by atomic mass is 10.0. The highest BCUT2D eigenvalue weighted by Gasteiger charge is 2.29. The monoisotopic (exact) mass is 350 g/mol. The molecule has 2 aromatic carbocycles. The van der Waals surface area contributed by atoms with E-state index in [-0.39, 0.29) is 11.9 Å². The molecular weight excluding hydrogens is 329 g/mol. The van der Waals surface area contributed by atoms with E-state index in [4.69, 9.17) is 0 Å². The maximum absolute atomic E-state index is 12.5. The first kappa shape index (κ1) is 18.8. The number of carbonyl (C=O) groups excluding carboxylic acids is 1. The zero-order chi connectivity index (χ0) is 18.3. The highest BCUT2D eigenvalue weighted by molar-refractivity contribution is 5.73. The van der Waals surface area contributed by atoms with Gasteiger partial charge in [0.05, 0.1) is 5.56 Å². The van der Waals surface area contributed by atoms with Crippen molar-refractivity contribution in [1.29, 1.82) is 0 Å². The van der Waals surface area contributed by atoms with Crippen molar-refractivity contribution in [1.82, 2.24) is 10.6 Å². The molecule has 0 aliphatic carbocycles. The molecule has 6 heteroatoms. The van der Waals surface area contributed by atoms with Gasteiger partial charge in [-0.25, -0.2) is 4.79 Å². The summed E-state index contributed by atoms with van der Waals surface area (Å²) in [5.41, 5.74) is 1.22. The van der Waals surface area contributed by atoms with Crippen LogP contribution in [0.25, 0.3) is 0 Å². The molecule has 0 fully saturated rings. The Hall–Kier alpha value is -2.50. The summed E-state index contributed by atoms with van der Waals surface area (Å²) in [5.74, 6) is 0.196. The predicted octanol–water partition coefficient (Wildman–Crippen LogP) is 4.35. The van der Waals surface area contributed by atoms with Crippen molar-refractivity contribution >= 4 is 6.03 Å². The first-order chi connectivity index (χ1) is 11.9. The third kappa shape index (κ3) is 6.14. The lowest BCUT2D eigenvalue weighted by molar-refractivity contribution is -0.137. The van der Waals surface area contributed by atoms with Crippen LogP contribution in [0.1, 0.15) is 29.5 Å². The van der Waals surface area contributed by atoms with Crippen molar-refractivity contribution in [3.63, 3.8) is 0 Å². The fourth-order valence-corrected chi connectivity index (χ4v) is 2.39. The second-order valence-electron chi connectivity index (χ2n) is 5.89. The minimum Gasteiger partial charge on any atom is -0.338 e. The Bertz CT molecular complexity index is 669. The first-order valence-electron chi connectivity index (χ1n) is 8.09. The van der Waals surface area contributed by atoms with Crippen molar-refractivity contribution < 1.29 is 18.0 Å². The Labute approximate surface area is 145 Å². The smallest absolute Gasteiger partial charge is 0.338 e. The summed E-state index contributed by atoms with van der Waals surface area (Å²) in [7, 11) is 0. The Kier molecular flexibility index (Phi) is 6.44. The summed E-state index contributed by atoms with van der Waals surface area (Å²) >= 11 is 0. The van der Waals surface area contributed by atoms with Crippen molar-refractivity contribution in [3.05, 3.63) is 71.3 Å². The van der Waals surface area contributed by atoms with Gasteiger partial charge >= 0.3 is 12.2 Å². The molecule has 3 nitrogen and oxygen atoms in total. The van der Waals surface area contributed by atoms with Crippen LogP contribution in [0, 0.1) is 0 Å². The number of nitrogens with one attached hydrogen (secondary N) is 2. The number of amides is 2. The van der Waals surface area contributed by atoms with Crippen LogP contribution >= 0.6 is 0 Å². The van der Waals surface area contributed by atoms with Gasteiger partial charge in [0.2, 0.25) is 0 Å². The van der Waals surface area contributed by atoms with Gasteiger partial charge in [-0.05, 0) is 35.6 Å². The SMILES string of the molecule is CC(CNC(=O)NCCc1ccc(C(F)(F)F)cc1)c1ccccc1. The molecule has 1 atom stereocenters. The molecule has 0 aliphatic heterocycles. The van der Waals surface area contributed by atoms with E-state index in [0.717, 1.165) is 23.3 Å². The largest absolute Gasteiger partial charge is 0.416 e. The summed E-state index contributed by atoms with van der Waals surface area (Å²) in [6.07, 6.45) is -3.86. The molecule has 0 heterocycles. The number of benzene rings is 2. The molecule has 2 rings (SSSR count). The number of halogens is 3. The van der Waals surface area contributed by atoms with Gasteiger partial charge < -0.3 is 10.6 Å². The molecule has 2 N–H and O–H groups in total. The Morgan fingerprint density at radius 1 is 1.00 bits per heavy atom. The minimum absolute atomic E-state index is 0.196. The Morgan fingerprint density at radius 3 is 2.24 bits per heavy atom. The normalized spacial score (nSPS) is 12.5. The average molecular weight is 350 g/mol. The van der Waals surface area contributed by atoms with Crippen molar-refractivity contribution in [2.24, 2.45) is 0 Å². The summed E-state index contributed by atoms with van der Waals surface area (Å²) in [6.45, 7) is 2.89. The van der Waals surface area contributed by atoms with E-state index in [9.17, 15) is 18.0 Å². The fraction of sp³-hybridized carbons (Fsp3) is 0.316. The second kappa shape index (κ2) is 8.55. The third-order valence-corrected chi connectivity index (χ3v) is 3.92. The van der Waals surface area contributed by atoms with E-state index in [2.05, 4.69) is 10.6 Å². The minimum atomic E-state index is -4.33. The van der Waals surface area contributed by atoms with E-state index in [1.54, 1.807) is 0 Å². The first-order valence-corrected chi connectivity index (χ1v) is 8.09. The average Bonchev–Trinajstić information content (AvgIpc) is 2.60. The lowest BCUT2D eigenvalue weighted by Crippen LogP contribution is -2.38. The van der Waals surface area contributed by atoms with Crippen molar-refractivity contribution in [2.75, 3.05) is 13.1 Å². The van der Waals surface area contributed by atoms with Crippen LogP contribution in [0.3, 0.4) is 0 Å². The van der Waals surface area contributed by atoms with Gasteiger partial charge in [0.25, 0.3) is 0 Å². The number of rotatable bonds is 6. The van der Waals surface area contributed by atoms with Gasteiger partial charge in [-0.3, -0.25) is 0 Å². The van der Waals surface area contributed by atoms with Crippen LogP contribution < -0.4 is 10.6 Å². The van der Waals surface area contributed by atoms with Crippen LogP contribution in [0.4, 0.5) is 18.0 Å². The molecule has 25 heavy (non-hydrogen) atoms. The molecule has 134 valence electrons. The van der Waals surface area contributed by atoms with Crippen LogP contribution in [-0.4, -0.2) is 19.1 Å². The van der Waals surface area contributed by atoms with Crippen molar-refractivity contribution in [2.45, 2.75) is 25.4 Å². The number of carbonyl (C=O) groups is 1. The molecule has 0 radical (unpaired) electrons. The molecule has 0 aromatic heterocycles. The van der Waals surface area contributed by atoms with E-state index < -0.39 is 11.7 Å². The highest BCUT2D eigenvalue weighted by atomic mass is 19.4. The molecule has 2 aromatic rings. The fourth-order valence-electron chi connectivity index (χ4n) is 2.39. The van der Waals surface area contributed by atoms with Gasteiger partial charge in [0.1, 0.15) is 0 Å². The van der Waals surface area contributed by atoms with E-state index in [1.807, 2.05) is 37.3 Å². The number of hydrogen-bond acceptors (Lipinski definition) is 1. The predicted molar refractivity (Wildman–Crippen MR) is 91.4 cm³/mol. The number of alkyl halides is 3. The molecule has 0 saturated carbocycles. The number of urea groups is 1.